The van der Waals surface area contributed by atoms with Crippen LogP contribution in [0, 0.1) is 0 Å². The summed E-state index contributed by atoms with van der Waals surface area (Å²) in [6.45, 7) is 0. The van der Waals surface area contributed by atoms with Crippen molar-refractivity contribution in [3.05, 3.63) is 53.7 Å². The molecule has 1 amide bonds. The summed E-state index contributed by atoms with van der Waals surface area (Å²) in [6.07, 6.45) is -3.17. The van der Waals surface area contributed by atoms with E-state index in [9.17, 15) is 22.4 Å². The van der Waals surface area contributed by atoms with Crippen molar-refractivity contribution < 1.29 is 22.4 Å². The number of amides is 1. The van der Waals surface area contributed by atoms with E-state index < -0.39 is 30.1 Å². The topological polar surface area (TPSA) is 72.2 Å². The second-order valence-electron chi connectivity index (χ2n) is 4.70. The SMILES string of the molecule is O=C(Nc1ccncc1)c1cc2nc(C(F)F)cc(C(F)F)n2n1. The van der Waals surface area contributed by atoms with Gasteiger partial charge in [0.15, 0.2) is 11.3 Å². The highest BCUT2D eigenvalue weighted by Crippen LogP contribution is 2.25. The zero-order valence-corrected chi connectivity index (χ0v) is 11.8. The molecule has 0 aliphatic heterocycles. The van der Waals surface area contributed by atoms with E-state index in [1.165, 1.54) is 24.5 Å². The molecule has 0 unspecified atom stereocenters. The summed E-state index contributed by atoms with van der Waals surface area (Å²) in [7, 11) is 0. The minimum atomic E-state index is -3.05. The van der Waals surface area contributed by atoms with E-state index >= 15 is 0 Å². The third kappa shape index (κ3) is 3.03. The Balaban J connectivity index is 2.01. The average Bonchev–Trinajstić information content (AvgIpc) is 2.98. The predicted molar refractivity (Wildman–Crippen MR) is 75.1 cm³/mol. The molecule has 0 radical (unpaired) electrons. The fourth-order valence-electron chi connectivity index (χ4n) is 2.03. The molecule has 10 heteroatoms. The van der Waals surface area contributed by atoms with Gasteiger partial charge in [-0.15, -0.1) is 0 Å². The number of alkyl halides is 4. The highest BCUT2D eigenvalue weighted by Gasteiger charge is 2.22. The Hall–Kier alpha value is -3.04. The first-order valence-electron chi connectivity index (χ1n) is 6.64. The normalized spacial score (nSPS) is 11.4. The Kier molecular flexibility index (Phi) is 4.11. The van der Waals surface area contributed by atoms with Crippen LogP contribution in [0.5, 0.6) is 0 Å². The number of hydrogen-bond donors (Lipinski definition) is 1. The summed E-state index contributed by atoms with van der Waals surface area (Å²) in [5.41, 5.74) is -1.64. The van der Waals surface area contributed by atoms with E-state index in [4.69, 9.17) is 0 Å². The lowest BCUT2D eigenvalue weighted by atomic mass is 10.3. The lowest BCUT2D eigenvalue weighted by Crippen LogP contribution is -2.13. The van der Waals surface area contributed by atoms with Crippen LogP contribution in [-0.2, 0) is 0 Å². The molecular formula is C14H9F4N5O. The minimum Gasteiger partial charge on any atom is -0.320 e. The van der Waals surface area contributed by atoms with Crippen LogP contribution in [0.4, 0.5) is 23.2 Å². The molecule has 0 aliphatic rings. The molecule has 0 aromatic carbocycles. The van der Waals surface area contributed by atoms with Crippen molar-refractivity contribution in [1.29, 1.82) is 0 Å². The van der Waals surface area contributed by atoms with Crippen molar-refractivity contribution in [2.45, 2.75) is 12.9 Å². The quantitative estimate of drug-likeness (QED) is 0.741. The number of anilines is 1. The molecule has 3 heterocycles. The van der Waals surface area contributed by atoms with Gasteiger partial charge >= 0.3 is 0 Å². The maximum absolute atomic E-state index is 13.1. The molecule has 0 bridgehead atoms. The van der Waals surface area contributed by atoms with Crippen molar-refractivity contribution in [3.63, 3.8) is 0 Å². The lowest BCUT2D eigenvalue weighted by molar-refractivity contribution is 0.102. The fraction of sp³-hybridized carbons (Fsp3) is 0.143. The third-order valence-electron chi connectivity index (χ3n) is 3.09. The summed E-state index contributed by atoms with van der Waals surface area (Å²) in [5.74, 6) is -0.689. The Morgan fingerprint density at radius 3 is 2.42 bits per heavy atom. The molecule has 124 valence electrons. The first-order valence-corrected chi connectivity index (χ1v) is 6.64. The smallest absolute Gasteiger partial charge is 0.280 e. The maximum Gasteiger partial charge on any atom is 0.280 e. The Labute approximate surface area is 132 Å². The standard InChI is InChI=1S/C14H9F4N5O/c15-12(16)8-5-10(13(17)18)23-11(21-8)6-9(22-23)14(24)20-7-1-3-19-4-2-7/h1-6,12-13H,(H,19,20,24). The van der Waals surface area contributed by atoms with Crippen LogP contribution in [0.25, 0.3) is 5.65 Å². The Bertz CT molecular complexity index is 882. The van der Waals surface area contributed by atoms with Crippen LogP contribution < -0.4 is 5.32 Å². The van der Waals surface area contributed by atoms with Crippen LogP contribution in [0.3, 0.4) is 0 Å². The van der Waals surface area contributed by atoms with E-state index in [0.717, 1.165) is 6.07 Å². The van der Waals surface area contributed by atoms with Gasteiger partial charge in [0.25, 0.3) is 18.8 Å². The van der Waals surface area contributed by atoms with E-state index in [0.29, 0.717) is 16.3 Å². The number of rotatable bonds is 4. The number of fused-ring (bicyclic) bond motifs is 1. The monoisotopic (exact) mass is 339 g/mol. The van der Waals surface area contributed by atoms with Gasteiger partial charge in [0.1, 0.15) is 11.4 Å². The first kappa shape index (κ1) is 15.8. The minimum absolute atomic E-state index is 0.229. The maximum atomic E-state index is 13.1. The Morgan fingerprint density at radius 1 is 1.08 bits per heavy atom. The van der Waals surface area contributed by atoms with Crippen LogP contribution >= 0.6 is 0 Å². The lowest BCUT2D eigenvalue weighted by Gasteiger charge is -2.06. The van der Waals surface area contributed by atoms with Crippen LogP contribution in [0.1, 0.15) is 34.7 Å². The molecule has 0 atom stereocenters. The van der Waals surface area contributed by atoms with Crippen LogP contribution in [0.2, 0.25) is 0 Å². The zero-order valence-electron chi connectivity index (χ0n) is 11.8. The average molecular weight is 339 g/mol. The molecule has 3 rings (SSSR count). The predicted octanol–water partition coefficient (Wildman–Crippen LogP) is 3.25. The summed E-state index contributed by atoms with van der Waals surface area (Å²) in [5, 5.41) is 6.22. The van der Waals surface area contributed by atoms with E-state index in [1.807, 2.05) is 0 Å². The number of hydrogen-bond acceptors (Lipinski definition) is 4. The number of aromatic nitrogens is 4. The summed E-state index contributed by atoms with van der Waals surface area (Å²) < 4.78 is 52.3. The molecule has 0 saturated carbocycles. The van der Waals surface area contributed by atoms with Crippen molar-refractivity contribution in [2.24, 2.45) is 0 Å². The molecule has 0 aliphatic carbocycles. The number of nitrogens with zero attached hydrogens (tertiary/aromatic N) is 4. The largest absolute Gasteiger partial charge is 0.320 e. The summed E-state index contributed by atoms with van der Waals surface area (Å²) >= 11 is 0. The van der Waals surface area contributed by atoms with Gasteiger partial charge < -0.3 is 5.32 Å². The molecule has 1 N–H and O–H groups in total. The van der Waals surface area contributed by atoms with E-state index in [2.05, 4.69) is 20.4 Å². The fourth-order valence-corrected chi connectivity index (χ4v) is 2.03. The molecule has 24 heavy (non-hydrogen) atoms. The number of carbonyl (C=O) groups is 1. The van der Waals surface area contributed by atoms with Gasteiger partial charge in [0.2, 0.25) is 0 Å². The molecule has 0 fully saturated rings. The molecule has 3 aromatic rings. The van der Waals surface area contributed by atoms with Crippen molar-refractivity contribution in [1.82, 2.24) is 19.6 Å². The van der Waals surface area contributed by atoms with Crippen LogP contribution in [-0.4, -0.2) is 25.5 Å². The number of carbonyl (C=O) groups excluding carboxylic acids is 1. The van der Waals surface area contributed by atoms with Gasteiger partial charge in [-0.05, 0) is 18.2 Å². The second-order valence-corrected chi connectivity index (χ2v) is 4.70. The van der Waals surface area contributed by atoms with Gasteiger partial charge in [-0.25, -0.2) is 27.1 Å². The molecule has 6 nitrogen and oxygen atoms in total. The second kappa shape index (κ2) is 6.22. The molecule has 0 saturated heterocycles. The Morgan fingerprint density at radius 2 is 1.79 bits per heavy atom. The van der Waals surface area contributed by atoms with Crippen molar-refractivity contribution in [3.8, 4) is 0 Å². The van der Waals surface area contributed by atoms with Crippen molar-refractivity contribution >= 4 is 17.2 Å². The van der Waals surface area contributed by atoms with Gasteiger partial charge in [-0.1, -0.05) is 0 Å². The number of nitrogens with one attached hydrogen (secondary N) is 1. The number of halogens is 4. The van der Waals surface area contributed by atoms with E-state index in [1.54, 1.807) is 0 Å². The van der Waals surface area contributed by atoms with Crippen molar-refractivity contribution in [2.75, 3.05) is 5.32 Å². The third-order valence-corrected chi connectivity index (χ3v) is 3.09. The zero-order chi connectivity index (χ0) is 17.3. The van der Waals surface area contributed by atoms with Gasteiger partial charge in [-0.3, -0.25) is 9.78 Å². The summed E-state index contributed by atoms with van der Waals surface area (Å²) in [6, 6.07) is 4.67. The summed E-state index contributed by atoms with van der Waals surface area (Å²) in [4.78, 5) is 19.4. The molecule has 0 spiro atoms. The van der Waals surface area contributed by atoms with Gasteiger partial charge in [0.05, 0.1) is 0 Å². The highest BCUT2D eigenvalue weighted by molar-refractivity contribution is 6.03. The van der Waals surface area contributed by atoms with E-state index in [-0.39, 0.29) is 11.3 Å². The van der Waals surface area contributed by atoms with Gasteiger partial charge in [0, 0.05) is 24.1 Å². The first-order chi connectivity index (χ1) is 11.5. The van der Waals surface area contributed by atoms with Crippen LogP contribution in [0.15, 0.2) is 36.7 Å². The number of pyridine rings is 1. The molecular weight excluding hydrogens is 330 g/mol. The van der Waals surface area contributed by atoms with Gasteiger partial charge in [-0.2, -0.15) is 5.10 Å². The molecule has 3 aromatic heterocycles. The highest BCUT2D eigenvalue weighted by atomic mass is 19.3.